The normalized spacial score (nSPS) is 16.9. The molecule has 0 unspecified atom stereocenters. The number of nitrogens with zero attached hydrogens (tertiary/aromatic N) is 4. The van der Waals surface area contributed by atoms with Crippen molar-refractivity contribution < 1.29 is 18.4 Å². The third kappa shape index (κ3) is 3.36. The molecule has 1 aliphatic heterocycles. The number of hydrogen-bond acceptors (Lipinski definition) is 6. The summed E-state index contributed by atoms with van der Waals surface area (Å²) in [5.74, 6) is -4.75. The van der Waals surface area contributed by atoms with E-state index in [2.05, 4.69) is 20.6 Å². The first-order chi connectivity index (χ1) is 14.3. The van der Waals surface area contributed by atoms with Crippen molar-refractivity contribution in [2.24, 2.45) is 0 Å². The summed E-state index contributed by atoms with van der Waals surface area (Å²) in [5, 5.41) is 5.53. The van der Waals surface area contributed by atoms with Gasteiger partial charge in [-0.2, -0.15) is 13.8 Å². The van der Waals surface area contributed by atoms with E-state index < -0.39 is 18.4 Å². The van der Waals surface area contributed by atoms with Gasteiger partial charge in [-0.15, -0.1) is 0 Å². The van der Waals surface area contributed by atoms with Crippen LogP contribution in [0.1, 0.15) is 10.4 Å². The number of nitrogens with one attached hydrogen (secondary N) is 2. The van der Waals surface area contributed by atoms with Gasteiger partial charge in [0.2, 0.25) is 5.95 Å². The van der Waals surface area contributed by atoms with Gasteiger partial charge in [-0.3, -0.25) is 9.59 Å². The van der Waals surface area contributed by atoms with Gasteiger partial charge in [-0.1, -0.05) is 6.08 Å². The lowest BCUT2D eigenvalue weighted by molar-refractivity contribution is -0.140. The van der Waals surface area contributed by atoms with Gasteiger partial charge < -0.3 is 20.4 Å². The smallest absolute Gasteiger partial charge is 0.342 e. The Labute approximate surface area is 170 Å². The molecule has 2 aliphatic rings. The van der Waals surface area contributed by atoms with Crippen LogP contribution in [0.2, 0.25) is 0 Å². The highest BCUT2D eigenvalue weighted by atomic mass is 19.3. The number of anilines is 4. The van der Waals surface area contributed by atoms with Crippen molar-refractivity contribution in [1.82, 2.24) is 15.3 Å². The van der Waals surface area contributed by atoms with Crippen molar-refractivity contribution in [1.29, 1.82) is 0 Å². The molecule has 0 bridgehead atoms. The molecule has 1 aromatic heterocycles. The Hall–Kier alpha value is -3.82. The summed E-state index contributed by atoms with van der Waals surface area (Å²) in [5.41, 5.74) is 1.81. The zero-order valence-electron chi connectivity index (χ0n) is 16.2. The van der Waals surface area contributed by atoms with Crippen molar-refractivity contribution in [2.75, 3.05) is 35.8 Å². The molecule has 0 fully saturated rings. The fourth-order valence-corrected chi connectivity index (χ4v) is 3.11. The molecule has 2 amide bonds. The predicted molar refractivity (Wildman–Crippen MR) is 108 cm³/mol. The third-order valence-electron chi connectivity index (χ3n) is 4.82. The zero-order chi connectivity index (χ0) is 21.5. The largest absolute Gasteiger partial charge is 0.355 e. The van der Waals surface area contributed by atoms with Gasteiger partial charge in [0.15, 0.2) is 5.82 Å². The van der Waals surface area contributed by atoms with E-state index in [1.165, 1.54) is 18.1 Å². The summed E-state index contributed by atoms with van der Waals surface area (Å²) in [6.07, 6.45) is 6.39. The molecule has 0 spiro atoms. The summed E-state index contributed by atoms with van der Waals surface area (Å²) >= 11 is 0. The van der Waals surface area contributed by atoms with Crippen LogP contribution in [0.3, 0.4) is 0 Å². The minimum atomic E-state index is -3.58. The van der Waals surface area contributed by atoms with Crippen LogP contribution in [0.15, 0.2) is 54.4 Å². The van der Waals surface area contributed by atoms with E-state index in [9.17, 15) is 18.4 Å². The van der Waals surface area contributed by atoms with Crippen LogP contribution in [-0.2, 0) is 4.79 Å². The van der Waals surface area contributed by atoms with Gasteiger partial charge >= 0.3 is 5.92 Å². The number of aromatic nitrogens is 2. The summed E-state index contributed by atoms with van der Waals surface area (Å²) in [4.78, 5) is 34.6. The van der Waals surface area contributed by atoms with Gasteiger partial charge in [-0.05, 0) is 36.4 Å². The van der Waals surface area contributed by atoms with Gasteiger partial charge in [-0.25, -0.2) is 4.98 Å². The molecular weight excluding hydrogens is 394 g/mol. The molecule has 2 N–H and O–H groups in total. The number of allylic oxidation sites excluding steroid dienone is 3. The molecule has 0 radical (unpaired) electrons. The minimum absolute atomic E-state index is 0.168. The summed E-state index contributed by atoms with van der Waals surface area (Å²) < 4.78 is 28.9. The average Bonchev–Trinajstić information content (AvgIpc) is 2.76. The first-order valence-electron chi connectivity index (χ1n) is 9.08. The fourth-order valence-electron chi connectivity index (χ4n) is 3.11. The molecule has 1 aliphatic carbocycles. The van der Waals surface area contributed by atoms with Crippen molar-refractivity contribution in [3.8, 4) is 0 Å². The van der Waals surface area contributed by atoms with Crippen LogP contribution in [0.25, 0.3) is 0 Å². The molecule has 4 rings (SSSR count). The van der Waals surface area contributed by atoms with E-state index in [4.69, 9.17) is 0 Å². The number of carbonyl (C=O) groups is 2. The van der Waals surface area contributed by atoms with Gasteiger partial charge in [0.1, 0.15) is 5.69 Å². The Kier molecular flexibility index (Phi) is 4.69. The predicted octanol–water partition coefficient (Wildman–Crippen LogP) is 2.45. The molecule has 0 atom stereocenters. The van der Waals surface area contributed by atoms with Crippen molar-refractivity contribution >= 4 is 35.0 Å². The standard InChI is InChI=1S/C20H18F2N6O2/c1-23-17(29)12-6-8-13(9-7-12)25-19-24-10-15-16(26-19)28(14-4-3-5-14)11-20(21,22)18(30)27(15)2/h3-10H,11H2,1-2H3,(H,23,29)(H,24,25,26). The molecule has 2 heterocycles. The van der Waals surface area contributed by atoms with Crippen molar-refractivity contribution in [3.63, 3.8) is 0 Å². The Morgan fingerprint density at radius 1 is 1.23 bits per heavy atom. The summed E-state index contributed by atoms with van der Waals surface area (Å²) in [7, 11) is 2.82. The fraction of sp³-hybridized carbons (Fsp3) is 0.200. The van der Waals surface area contributed by atoms with E-state index in [1.54, 1.807) is 49.5 Å². The SMILES string of the molecule is CNC(=O)c1ccc(Nc2ncc3c(n2)N(C2=CC=C2)CC(F)(F)C(=O)N3C)cc1. The molecule has 1 aromatic carbocycles. The number of halogens is 2. The maximum Gasteiger partial charge on any atom is 0.342 e. The second-order valence-electron chi connectivity index (χ2n) is 6.79. The Morgan fingerprint density at radius 3 is 2.53 bits per heavy atom. The molecule has 154 valence electrons. The van der Waals surface area contributed by atoms with Crippen molar-refractivity contribution in [2.45, 2.75) is 5.92 Å². The number of rotatable bonds is 4. The number of carbonyl (C=O) groups excluding carboxylic acids is 2. The molecule has 30 heavy (non-hydrogen) atoms. The second-order valence-corrected chi connectivity index (χ2v) is 6.79. The molecule has 0 saturated heterocycles. The lowest BCUT2D eigenvalue weighted by Crippen LogP contribution is -2.46. The van der Waals surface area contributed by atoms with Crippen LogP contribution in [0, 0.1) is 0 Å². The van der Waals surface area contributed by atoms with Crippen LogP contribution in [-0.4, -0.2) is 48.3 Å². The highest BCUT2D eigenvalue weighted by molar-refractivity contribution is 6.02. The number of alkyl halides is 2. The zero-order valence-corrected chi connectivity index (χ0v) is 16.2. The topological polar surface area (TPSA) is 90.5 Å². The van der Waals surface area contributed by atoms with Gasteiger partial charge in [0.25, 0.3) is 11.8 Å². The first-order valence-corrected chi connectivity index (χ1v) is 9.08. The van der Waals surface area contributed by atoms with E-state index in [0.717, 1.165) is 4.90 Å². The number of benzene rings is 1. The van der Waals surface area contributed by atoms with E-state index in [-0.39, 0.29) is 23.4 Å². The molecular formula is C20H18F2N6O2. The van der Waals surface area contributed by atoms with Gasteiger partial charge in [0, 0.05) is 31.0 Å². The summed E-state index contributed by atoms with van der Waals surface area (Å²) in [6.45, 7) is -0.823. The number of amides is 2. The second kappa shape index (κ2) is 7.21. The van der Waals surface area contributed by atoms with Crippen LogP contribution >= 0.6 is 0 Å². The Morgan fingerprint density at radius 2 is 1.93 bits per heavy atom. The molecule has 2 aromatic rings. The van der Waals surface area contributed by atoms with Crippen molar-refractivity contribution in [3.05, 3.63) is 60.0 Å². The lowest BCUT2D eigenvalue weighted by atomic mass is 10.1. The maximum absolute atomic E-state index is 14.4. The third-order valence-corrected chi connectivity index (χ3v) is 4.82. The van der Waals surface area contributed by atoms with E-state index in [0.29, 0.717) is 16.9 Å². The first kappa shape index (κ1) is 19.5. The monoisotopic (exact) mass is 412 g/mol. The van der Waals surface area contributed by atoms with Gasteiger partial charge in [0.05, 0.1) is 12.7 Å². The summed E-state index contributed by atoms with van der Waals surface area (Å²) in [6, 6.07) is 6.62. The molecule has 10 heteroatoms. The quantitative estimate of drug-likeness (QED) is 0.802. The van der Waals surface area contributed by atoms with E-state index in [1.807, 2.05) is 0 Å². The van der Waals surface area contributed by atoms with Crippen LogP contribution in [0.4, 0.5) is 31.9 Å². The Balaban J connectivity index is 1.68. The maximum atomic E-state index is 14.4. The number of hydrogen-bond donors (Lipinski definition) is 2. The van der Waals surface area contributed by atoms with Crippen LogP contribution in [0.5, 0.6) is 0 Å². The molecule has 8 nitrogen and oxygen atoms in total. The van der Waals surface area contributed by atoms with E-state index >= 15 is 0 Å². The highest BCUT2D eigenvalue weighted by Crippen LogP contribution is 2.38. The highest BCUT2D eigenvalue weighted by Gasteiger charge is 2.48. The number of fused-ring (bicyclic) bond motifs is 1. The van der Waals surface area contributed by atoms with Crippen LogP contribution < -0.4 is 20.4 Å². The molecule has 0 saturated carbocycles. The Bertz CT molecular complexity index is 1080. The minimum Gasteiger partial charge on any atom is -0.355 e. The lowest BCUT2D eigenvalue weighted by Gasteiger charge is -2.28. The average molecular weight is 412 g/mol.